The van der Waals surface area contributed by atoms with Crippen LogP contribution in [0.1, 0.15) is 21.9 Å². The lowest BCUT2D eigenvalue weighted by molar-refractivity contribution is 0.102. The lowest BCUT2D eigenvalue weighted by Gasteiger charge is -2.03. The lowest BCUT2D eigenvalue weighted by atomic mass is 10.2. The van der Waals surface area contributed by atoms with E-state index in [1.165, 1.54) is 11.3 Å². The van der Waals surface area contributed by atoms with E-state index in [0.29, 0.717) is 29.3 Å². The number of carbonyl (C=O) groups excluding carboxylic acids is 1. The number of anilines is 1. The van der Waals surface area contributed by atoms with Gasteiger partial charge in [0.15, 0.2) is 9.90 Å². The second-order valence-electron chi connectivity index (χ2n) is 5.24. The van der Waals surface area contributed by atoms with Crippen LogP contribution in [0.5, 0.6) is 0 Å². The zero-order chi connectivity index (χ0) is 18.7. The summed E-state index contributed by atoms with van der Waals surface area (Å²) < 4.78 is 29.1. The number of halogens is 2. The van der Waals surface area contributed by atoms with Crippen LogP contribution in [0, 0.1) is 16.4 Å². The Labute approximate surface area is 156 Å². The highest BCUT2D eigenvalue weighted by atomic mass is 32.1. The zero-order valence-electron chi connectivity index (χ0n) is 13.3. The zero-order valence-corrected chi connectivity index (χ0v) is 15.0. The number of carbonyl (C=O) groups is 1. The van der Waals surface area contributed by atoms with Crippen molar-refractivity contribution in [1.29, 1.82) is 0 Å². The van der Waals surface area contributed by atoms with Gasteiger partial charge in [0.05, 0.1) is 17.7 Å². The van der Waals surface area contributed by atoms with Crippen LogP contribution >= 0.6 is 23.6 Å². The quantitative estimate of drug-likeness (QED) is 0.495. The van der Waals surface area contributed by atoms with Crippen molar-refractivity contribution in [3.63, 3.8) is 0 Å². The maximum Gasteiger partial charge on any atom is 0.260 e. The summed E-state index contributed by atoms with van der Waals surface area (Å²) in [6.45, 7) is 4.19. The third-order valence-corrected chi connectivity index (χ3v) is 4.55. The summed E-state index contributed by atoms with van der Waals surface area (Å²) in [6.07, 6.45) is 2.09. The standard InChI is InChI=1S/C16H13F2N5OS2/c1-2-5-23-13(21-22-16(23)25)7-10-8-26-15(19-10)20-14(24)11-6-9(17)3-4-12(11)18/h2-4,6,8H,1,5,7H2,(H,22,25)(H,19,20,24). The second kappa shape index (κ2) is 7.67. The van der Waals surface area contributed by atoms with Gasteiger partial charge in [-0.05, 0) is 30.4 Å². The van der Waals surface area contributed by atoms with Crippen molar-refractivity contribution in [2.45, 2.75) is 13.0 Å². The highest BCUT2D eigenvalue weighted by Gasteiger charge is 2.15. The molecule has 134 valence electrons. The number of nitrogens with one attached hydrogen (secondary N) is 2. The first-order valence-electron chi connectivity index (χ1n) is 7.43. The van der Waals surface area contributed by atoms with Crippen LogP contribution in [-0.4, -0.2) is 25.7 Å². The van der Waals surface area contributed by atoms with Crippen molar-refractivity contribution in [1.82, 2.24) is 19.7 Å². The smallest absolute Gasteiger partial charge is 0.260 e. The molecule has 0 aliphatic carbocycles. The fourth-order valence-electron chi connectivity index (χ4n) is 2.25. The van der Waals surface area contributed by atoms with Crippen LogP contribution in [0.25, 0.3) is 0 Å². The number of aromatic amines is 1. The van der Waals surface area contributed by atoms with Gasteiger partial charge in [0.25, 0.3) is 5.91 Å². The molecule has 3 rings (SSSR count). The predicted molar refractivity (Wildman–Crippen MR) is 96.8 cm³/mol. The molecular formula is C16H13F2N5OS2. The molecule has 26 heavy (non-hydrogen) atoms. The van der Waals surface area contributed by atoms with E-state index in [9.17, 15) is 13.6 Å². The first kappa shape index (κ1) is 18.1. The van der Waals surface area contributed by atoms with E-state index in [-0.39, 0.29) is 10.7 Å². The molecule has 0 saturated heterocycles. The number of benzene rings is 1. The Balaban J connectivity index is 1.74. The van der Waals surface area contributed by atoms with Gasteiger partial charge in [0.2, 0.25) is 0 Å². The van der Waals surface area contributed by atoms with Crippen LogP contribution in [0.4, 0.5) is 13.9 Å². The van der Waals surface area contributed by atoms with Crippen molar-refractivity contribution in [2.75, 3.05) is 5.32 Å². The fourth-order valence-corrected chi connectivity index (χ4v) is 3.18. The normalized spacial score (nSPS) is 10.7. The topological polar surface area (TPSA) is 75.6 Å². The van der Waals surface area contributed by atoms with Crippen molar-refractivity contribution in [3.05, 3.63) is 69.7 Å². The molecule has 0 unspecified atom stereocenters. The molecule has 0 spiro atoms. The van der Waals surface area contributed by atoms with Gasteiger partial charge in [-0.15, -0.1) is 17.9 Å². The number of amides is 1. The molecule has 3 aromatic rings. The van der Waals surface area contributed by atoms with E-state index in [4.69, 9.17) is 12.2 Å². The third kappa shape index (κ3) is 3.92. The summed E-state index contributed by atoms with van der Waals surface area (Å²) in [4.78, 5) is 16.4. The average molecular weight is 393 g/mol. The Kier molecular flexibility index (Phi) is 5.33. The number of rotatable bonds is 6. The SMILES string of the molecule is C=CCn1c(Cc2csc(NC(=O)c3cc(F)ccc3F)n2)n[nH]c1=S. The molecule has 1 amide bonds. The van der Waals surface area contributed by atoms with Gasteiger partial charge in [-0.3, -0.25) is 19.8 Å². The molecule has 10 heteroatoms. The maximum absolute atomic E-state index is 13.7. The molecular weight excluding hydrogens is 380 g/mol. The highest BCUT2D eigenvalue weighted by molar-refractivity contribution is 7.71. The number of hydrogen-bond acceptors (Lipinski definition) is 5. The number of hydrogen-bond donors (Lipinski definition) is 2. The first-order valence-corrected chi connectivity index (χ1v) is 8.72. The Bertz CT molecular complexity index is 1020. The van der Waals surface area contributed by atoms with Crippen molar-refractivity contribution >= 4 is 34.6 Å². The summed E-state index contributed by atoms with van der Waals surface area (Å²) >= 11 is 6.32. The lowest BCUT2D eigenvalue weighted by Crippen LogP contribution is -2.14. The second-order valence-corrected chi connectivity index (χ2v) is 6.49. The molecule has 0 fully saturated rings. The minimum Gasteiger partial charge on any atom is -0.300 e. The van der Waals surface area contributed by atoms with Gasteiger partial charge in [-0.25, -0.2) is 13.8 Å². The molecule has 0 radical (unpaired) electrons. The van der Waals surface area contributed by atoms with Crippen LogP contribution in [0.3, 0.4) is 0 Å². The van der Waals surface area contributed by atoms with Gasteiger partial charge >= 0.3 is 0 Å². The van der Waals surface area contributed by atoms with Crippen LogP contribution in [-0.2, 0) is 13.0 Å². The Morgan fingerprint density at radius 2 is 2.27 bits per heavy atom. The number of thiazole rings is 1. The highest BCUT2D eigenvalue weighted by Crippen LogP contribution is 2.19. The Morgan fingerprint density at radius 1 is 1.46 bits per heavy atom. The molecule has 0 atom stereocenters. The number of allylic oxidation sites excluding steroid dienone is 1. The maximum atomic E-state index is 13.7. The number of nitrogens with zero attached hydrogens (tertiary/aromatic N) is 3. The fraction of sp³-hybridized carbons (Fsp3) is 0.125. The van der Waals surface area contributed by atoms with E-state index in [0.717, 1.165) is 18.2 Å². The van der Waals surface area contributed by atoms with Gasteiger partial charge in [0.1, 0.15) is 17.5 Å². The third-order valence-electron chi connectivity index (χ3n) is 3.43. The summed E-state index contributed by atoms with van der Waals surface area (Å²) in [5.74, 6) is -1.59. The Hall–Kier alpha value is -2.72. The largest absolute Gasteiger partial charge is 0.300 e. The van der Waals surface area contributed by atoms with Crippen molar-refractivity contribution in [2.24, 2.45) is 0 Å². The minimum absolute atomic E-state index is 0.276. The molecule has 2 N–H and O–H groups in total. The molecule has 0 saturated carbocycles. The summed E-state index contributed by atoms with van der Waals surface area (Å²) in [6, 6.07) is 2.69. The van der Waals surface area contributed by atoms with E-state index < -0.39 is 17.5 Å². The molecule has 0 aliphatic heterocycles. The molecule has 1 aromatic carbocycles. The number of aromatic nitrogens is 4. The van der Waals surface area contributed by atoms with Crippen LogP contribution < -0.4 is 5.32 Å². The monoisotopic (exact) mass is 393 g/mol. The summed E-state index contributed by atoms with van der Waals surface area (Å²) in [7, 11) is 0. The minimum atomic E-state index is -0.805. The van der Waals surface area contributed by atoms with E-state index >= 15 is 0 Å². The molecule has 0 bridgehead atoms. The van der Waals surface area contributed by atoms with Crippen molar-refractivity contribution in [3.8, 4) is 0 Å². The molecule has 2 aromatic heterocycles. The van der Waals surface area contributed by atoms with E-state index in [2.05, 4.69) is 27.1 Å². The van der Waals surface area contributed by atoms with Crippen molar-refractivity contribution < 1.29 is 13.6 Å². The summed E-state index contributed by atoms with van der Waals surface area (Å²) in [5, 5.41) is 11.4. The van der Waals surface area contributed by atoms with E-state index in [1.807, 2.05) is 0 Å². The van der Waals surface area contributed by atoms with Gasteiger partial charge in [-0.1, -0.05) is 6.08 Å². The van der Waals surface area contributed by atoms with Crippen LogP contribution in [0.15, 0.2) is 36.2 Å². The van der Waals surface area contributed by atoms with Gasteiger partial charge in [0, 0.05) is 11.9 Å². The molecule has 0 aliphatic rings. The number of H-pyrrole nitrogens is 1. The summed E-state index contributed by atoms with van der Waals surface area (Å²) in [5.41, 5.74) is 0.276. The van der Waals surface area contributed by atoms with Gasteiger partial charge in [-0.2, -0.15) is 5.10 Å². The van der Waals surface area contributed by atoms with E-state index in [1.54, 1.807) is 16.0 Å². The van der Waals surface area contributed by atoms with Gasteiger partial charge < -0.3 is 0 Å². The Morgan fingerprint density at radius 3 is 3.04 bits per heavy atom. The molecule has 2 heterocycles. The van der Waals surface area contributed by atoms with Crippen LogP contribution in [0.2, 0.25) is 0 Å². The predicted octanol–water partition coefficient (Wildman–Crippen LogP) is 3.70. The average Bonchev–Trinajstić information content (AvgIpc) is 3.18. The molecule has 6 nitrogen and oxygen atoms in total. The first-order chi connectivity index (χ1) is 12.5.